The molecule has 0 amide bonds. The van der Waals surface area contributed by atoms with Crippen LogP contribution in [-0.4, -0.2) is 11.0 Å². The van der Waals surface area contributed by atoms with Gasteiger partial charge in [0.25, 0.3) is 0 Å². The van der Waals surface area contributed by atoms with Crippen LogP contribution >= 0.6 is 0 Å². The van der Waals surface area contributed by atoms with Gasteiger partial charge in [-0.2, -0.15) is 0 Å². The third-order valence-corrected chi connectivity index (χ3v) is 2.33. The summed E-state index contributed by atoms with van der Waals surface area (Å²) in [6.07, 6.45) is 5.80. The summed E-state index contributed by atoms with van der Waals surface area (Å²) in [7, 11) is 0. The van der Waals surface area contributed by atoms with Crippen LogP contribution < -0.4 is 0 Å². The third-order valence-electron chi connectivity index (χ3n) is 1.46. The summed E-state index contributed by atoms with van der Waals surface area (Å²) < 4.78 is 1.45. The van der Waals surface area contributed by atoms with Gasteiger partial charge in [0.1, 0.15) is 0 Å². The van der Waals surface area contributed by atoms with Crippen LogP contribution in [0.5, 0.6) is 0 Å². The van der Waals surface area contributed by atoms with Gasteiger partial charge in [0.15, 0.2) is 0 Å². The SMILES string of the molecule is CC(C)CCCC[CH2][Zr+2].[OH-].[OH-]. The molecule has 2 N–H and O–H groups in total. The van der Waals surface area contributed by atoms with Gasteiger partial charge in [-0.25, -0.2) is 0 Å². The van der Waals surface area contributed by atoms with Crippen molar-refractivity contribution in [2.24, 2.45) is 5.92 Å². The second kappa shape index (κ2) is 13.4. The molecule has 0 radical (unpaired) electrons. The van der Waals surface area contributed by atoms with Crippen LogP contribution in [0.15, 0.2) is 0 Å². The molecule has 11 heavy (non-hydrogen) atoms. The van der Waals surface area contributed by atoms with Gasteiger partial charge in [0.2, 0.25) is 0 Å². The Morgan fingerprint density at radius 3 is 1.91 bits per heavy atom. The van der Waals surface area contributed by atoms with Crippen LogP contribution in [0.4, 0.5) is 0 Å². The zero-order chi connectivity index (χ0) is 7.11. The average Bonchev–Trinajstić information content (AvgIpc) is 1.80. The van der Waals surface area contributed by atoms with Gasteiger partial charge in [-0.3, -0.25) is 0 Å². The quantitative estimate of drug-likeness (QED) is 0.691. The Labute approximate surface area is 85.2 Å². The molecule has 0 aromatic heterocycles. The van der Waals surface area contributed by atoms with E-state index < -0.39 is 0 Å². The average molecular weight is 238 g/mol. The Morgan fingerprint density at radius 2 is 1.55 bits per heavy atom. The van der Waals surface area contributed by atoms with E-state index >= 15 is 0 Å². The molecule has 0 aliphatic carbocycles. The summed E-state index contributed by atoms with van der Waals surface area (Å²) in [6.45, 7) is 4.61. The Bertz CT molecular complexity index is 58.1. The van der Waals surface area contributed by atoms with Crippen molar-refractivity contribution in [2.75, 3.05) is 0 Å². The minimum Gasteiger partial charge on any atom is -0.870 e. The Kier molecular flexibility index (Phi) is 21.6. The second-order valence-corrected chi connectivity index (χ2v) is 4.22. The molecule has 0 saturated heterocycles. The van der Waals surface area contributed by atoms with Gasteiger partial charge < -0.3 is 11.0 Å². The van der Waals surface area contributed by atoms with E-state index in [9.17, 15) is 0 Å². The van der Waals surface area contributed by atoms with Crippen molar-refractivity contribution in [1.29, 1.82) is 0 Å². The van der Waals surface area contributed by atoms with Crippen LogP contribution in [0.3, 0.4) is 0 Å². The molecule has 0 aliphatic heterocycles. The molecule has 0 unspecified atom stereocenters. The van der Waals surface area contributed by atoms with E-state index in [1.54, 1.807) is 24.7 Å². The molecular weight excluding hydrogens is 219 g/mol. The predicted octanol–water partition coefficient (Wildman–Crippen LogP) is 2.81. The molecule has 0 fully saturated rings. The van der Waals surface area contributed by atoms with Gasteiger partial charge in [-0.1, -0.05) is 0 Å². The van der Waals surface area contributed by atoms with Crippen molar-refractivity contribution in [3.8, 4) is 0 Å². The summed E-state index contributed by atoms with van der Waals surface area (Å²) in [4.78, 5) is 0. The van der Waals surface area contributed by atoms with Gasteiger partial charge in [-0.15, -0.1) is 0 Å². The summed E-state index contributed by atoms with van der Waals surface area (Å²) in [5.41, 5.74) is 0. The molecule has 0 heterocycles. The van der Waals surface area contributed by atoms with Gasteiger partial charge in [0.05, 0.1) is 0 Å². The fraction of sp³-hybridized carbons (Fsp3) is 1.00. The molecule has 0 saturated carbocycles. The summed E-state index contributed by atoms with van der Waals surface area (Å²) >= 11 is 1.70. The molecule has 0 aliphatic rings. The minimum absolute atomic E-state index is 0. The number of hydrogen-bond acceptors (Lipinski definition) is 2. The second-order valence-electron chi connectivity index (χ2n) is 2.99. The molecule has 0 atom stereocenters. The Hall–Kier alpha value is 0.803. The van der Waals surface area contributed by atoms with Crippen molar-refractivity contribution in [3.05, 3.63) is 0 Å². The molecule has 3 heteroatoms. The monoisotopic (exact) mass is 237 g/mol. The zero-order valence-corrected chi connectivity index (χ0v) is 9.97. The number of rotatable bonds is 5. The van der Waals surface area contributed by atoms with Crippen LogP contribution in [0.25, 0.3) is 0 Å². The maximum atomic E-state index is 2.30. The van der Waals surface area contributed by atoms with Crippen molar-refractivity contribution in [3.63, 3.8) is 0 Å². The molecular formula is C8H19O2Zr. The molecule has 0 bridgehead atoms. The van der Waals surface area contributed by atoms with E-state index in [1.807, 2.05) is 0 Å². The van der Waals surface area contributed by atoms with Crippen LogP contribution in [-0.2, 0) is 24.7 Å². The minimum atomic E-state index is 0. The van der Waals surface area contributed by atoms with E-state index in [4.69, 9.17) is 0 Å². The van der Waals surface area contributed by atoms with Crippen molar-refractivity contribution in [1.82, 2.24) is 0 Å². The maximum absolute atomic E-state index is 2.30. The molecule has 67 valence electrons. The molecule has 0 rings (SSSR count). The van der Waals surface area contributed by atoms with E-state index in [1.165, 1.54) is 29.8 Å². The summed E-state index contributed by atoms with van der Waals surface area (Å²) in [5, 5.41) is 0. The van der Waals surface area contributed by atoms with E-state index in [2.05, 4.69) is 13.8 Å². The molecule has 2 nitrogen and oxygen atoms in total. The Morgan fingerprint density at radius 1 is 1.00 bits per heavy atom. The number of unbranched alkanes of at least 4 members (excludes halogenated alkanes) is 2. The predicted molar refractivity (Wildman–Crippen MR) is 42.0 cm³/mol. The van der Waals surface area contributed by atoms with Gasteiger partial charge in [-0.05, 0) is 0 Å². The summed E-state index contributed by atoms with van der Waals surface area (Å²) in [6, 6.07) is 0. The third kappa shape index (κ3) is 18.1. The molecule has 0 aromatic carbocycles. The standard InChI is InChI=1S/C8H17.2H2O.Zr/c1-4-5-6-7-8(2)3;;;/h8H,1,4-7H2,2-3H3;2*1H2;/q;;;+2/p-2. The molecule has 0 aromatic rings. The Balaban J connectivity index is -0.000000320. The van der Waals surface area contributed by atoms with Crippen LogP contribution in [0.2, 0.25) is 4.13 Å². The van der Waals surface area contributed by atoms with E-state index in [0.717, 1.165) is 5.92 Å². The fourth-order valence-corrected chi connectivity index (χ4v) is 1.47. The van der Waals surface area contributed by atoms with E-state index in [-0.39, 0.29) is 11.0 Å². The van der Waals surface area contributed by atoms with Crippen LogP contribution in [0.1, 0.15) is 39.5 Å². The number of hydrogen-bond donors (Lipinski definition) is 0. The van der Waals surface area contributed by atoms with Crippen molar-refractivity contribution >= 4 is 0 Å². The fourth-order valence-electron chi connectivity index (χ4n) is 0.854. The van der Waals surface area contributed by atoms with Crippen molar-refractivity contribution < 1.29 is 35.7 Å². The normalized spacial score (nSPS) is 8.82. The first kappa shape index (κ1) is 17.8. The first-order valence-corrected chi connectivity index (χ1v) is 5.65. The van der Waals surface area contributed by atoms with Crippen LogP contribution in [0, 0.1) is 5.92 Å². The van der Waals surface area contributed by atoms with E-state index in [0.29, 0.717) is 0 Å². The topological polar surface area (TPSA) is 60.0 Å². The maximum Gasteiger partial charge on any atom is -0.870 e. The zero-order valence-electron chi connectivity index (χ0n) is 7.51. The summed E-state index contributed by atoms with van der Waals surface area (Å²) in [5.74, 6) is 0.912. The molecule has 0 spiro atoms. The van der Waals surface area contributed by atoms with Gasteiger partial charge >= 0.3 is 74.3 Å². The largest absolute Gasteiger partial charge is 0.870 e. The van der Waals surface area contributed by atoms with Crippen molar-refractivity contribution in [2.45, 2.75) is 43.7 Å². The van der Waals surface area contributed by atoms with Gasteiger partial charge in [0, 0.05) is 0 Å². The first-order chi connectivity index (χ1) is 4.27. The smallest absolute Gasteiger partial charge is 0.870 e. The first-order valence-electron chi connectivity index (χ1n) is 3.92.